The van der Waals surface area contributed by atoms with Gasteiger partial charge in [0.05, 0.1) is 12.1 Å². The number of benzene rings is 3. The number of carbonyl (C=O) groups is 2. The molecule has 3 aromatic rings. The number of nitrogens with one attached hydrogen (secondary N) is 1. The molecular weight excluding hydrogens is 476 g/mol. The third-order valence-electron chi connectivity index (χ3n) is 5.66. The van der Waals surface area contributed by atoms with E-state index in [0.29, 0.717) is 29.5 Å². The lowest BCUT2D eigenvalue weighted by molar-refractivity contribution is -0.142. The first-order valence-corrected chi connectivity index (χ1v) is 12.4. The van der Waals surface area contributed by atoms with Gasteiger partial charge in [0.1, 0.15) is 17.5 Å². The number of methoxy groups -OCH3 is 1. The largest absolute Gasteiger partial charge is 0.497 e. The highest BCUT2D eigenvalue weighted by molar-refractivity contribution is 6.32. The molecule has 0 radical (unpaired) electrons. The van der Waals surface area contributed by atoms with Gasteiger partial charge in [0.25, 0.3) is 5.91 Å². The first-order valence-electron chi connectivity index (χ1n) is 12.0. The monoisotopic (exact) mass is 508 g/mol. The minimum atomic E-state index is -0.726. The summed E-state index contributed by atoms with van der Waals surface area (Å²) in [7, 11) is 1.60. The van der Waals surface area contributed by atoms with Gasteiger partial charge in [-0.3, -0.25) is 9.59 Å². The summed E-state index contributed by atoms with van der Waals surface area (Å²) < 4.78 is 11.0. The fraction of sp³-hybridized carbons (Fsp3) is 0.310. The second-order valence-corrected chi connectivity index (χ2v) is 9.34. The van der Waals surface area contributed by atoms with Crippen molar-refractivity contribution in [3.05, 3.63) is 95.0 Å². The number of amides is 2. The first-order chi connectivity index (χ1) is 17.4. The van der Waals surface area contributed by atoms with Crippen molar-refractivity contribution >= 4 is 23.4 Å². The van der Waals surface area contributed by atoms with Crippen molar-refractivity contribution in [1.29, 1.82) is 0 Å². The van der Waals surface area contributed by atoms with E-state index in [1.54, 1.807) is 36.3 Å². The highest BCUT2D eigenvalue weighted by Gasteiger charge is 2.30. The molecule has 0 saturated heterocycles. The summed E-state index contributed by atoms with van der Waals surface area (Å²) in [5.41, 5.74) is 1.83. The normalized spacial score (nSPS) is 11.6. The van der Waals surface area contributed by atoms with E-state index in [9.17, 15) is 9.59 Å². The van der Waals surface area contributed by atoms with Gasteiger partial charge in [0, 0.05) is 19.5 Å². The van der Waals surface area contributed by atoms with E-state index in [1.807, 2.05) is 68.4 Å². The van der Waals surface area contributed by atoms with E-state index in [-0.39, 0.29) is 30.9 Å². The Kier molecular flexibility index (Phi) is 10.2. The van der Waals surface area contributed by atoms with E-state index in [0.717, 1.165) is 11.1 Å². The third kappa shape index (κ3) is 8.02. The Bertz CT molecular complexity index is 1120. The van der Waals surface area contributed by atoms with Crippen molar-refractivity contribution in [3.63, 3.8) is 0 Å². The van der Waals surface area contributed by atoms with Gasteiger partial charge in [-0.2, -0.15) is 0 Å². The lowest BCUT2D eigenvalue weighted by Gasteiger charge is -2.31. The average molecular weight is 509 g/mol. The number of hydrogen-bond donors (Lipinski definition) is 1. The van der Waals surface area contributed by atoms with Crippen LogP contribution >= 0.6 is 11.6 Å². The molecule has 0 aliphatic carbocycles. The van der Waals surface area contributed by atoms with E-state index in [1.165, 1.54) is 0 Å². The molecule has 0 aromatic heterocycles. The number of halogens is 1. The fourth-order valence-electron chi connectivity index (χ4n) is 3.69. The zero-order valence-corrected chi connectivity index (χ0v) is 21.7. The zero-order valence-electron chi connectivity index (χ0n) is 20.9. The van der Waals surface area contributed by atoms with E-state index >= 15 is 0 Å². The molecule has 0 heterocycles. The summed E-state index contributed by atoms with van der Waals surface area (Å²) >= 11 is 6.21. The lowest BCUT2D eigenvalue weighted by Crippen LogP contribution is -2.52. The second kappa shape index (κ2) is 13.5. The van der Waals surface area contributed by atoms with E-state index < -0.39 is 6.04 Å². The van der Waals surface area contributed by atoms with Crippen LogP contribution in [0.4, 0.5) is 0 Å². The van der Waals surface area contributed by atoms with Crippen LogP contribution in [0, 0.1) is 5.92 Å². The quantitative estimate of drug-likeness (QED) is 0.368. The molecule has 190 valence electrons. The van der Waals surface area contributed by atoms with Gasteiger partial charge in [-0.05, 0) is 41.3 Å². The standard InChI is InChI=1S/C29H33ClN2O4/c1-21(2)18-31-29(34)26(17-22-9-5-4-6-10-22)32(19-23-13-15-24(35-3)16-14-23)28(33)20-36-27-12-8-7-11-25(27)30/h4-16,21,26H,17-20H2,1-3H3,(H,31,34)/t26-/m0/s1. The molecule has 0 spiro atoms. The topological polar surface area (TPSA) is 67.9 Å². The SMILES string of the molecule is COc1ccc(CN(C(=O)COc2ccccc2Cl)[C@@H](Cc2ccccc2)C(=O)NCC(C)C)cc1. The molecule has 0 bridgehead atoms. The predicted molar refractivity (Wildman–Crippen MR) is 142 cm³/mol. The summed E-state index contributed by atoms with van der Waals surface area (Å²) in [6.45, 7) is 4.57. The molecule has 3 rings (SSSR count). The highest BCUT2D eigenvalue weighted by atomic mass is 35.5. The molecule has 0 unspecified atom stereocenters. The van der Waals surface area contributed by atoms with Crippen molar-refractivity contribution in [2.24, 2.45) is 5.92 Å². The number of rotatable bonds is 12. The van der Waals surface area contributed by atoms with Crippen LogP contribution in [0.2, 0.25) is 5.02 Å². The van der Waals surface area contributed by atoms with Crippen molar-refractivity contribution in [2.75, 3.05) is 20.3 Å². The minimum Gasteiger partial charge on any atom is -0.497 e. The maximum atomic E-state index is 13.6. The maximum absolute atomic E-state index is 13.6. The molecule has 7 heteroatoms. The van der Waals surface area contributed by atoms with Crippen LogP contribution in [0.3, 0.4) is 0 Å². The average Bonchev–Trinajstić information content (AvgIpc) is 2.89. The number of para-hydroxylation sites is 1. The van der Waals surface area contributed by atoms with E-state index in [2.05, 4.69) is 5.32 Å². The van der Waals surface area contributed by atoms with Crippen LogP contribution in [-0.2, 0) is 22.6 Å². The first kappa shape index (κ1) is 27.1. The Balaban J connectivity index is 1.90. The van der Waals surface area contributed by atoms with Gasteiger partial charge in [-0.25, -0.2) is 0 Å². The summed E-state index contributed by atoms with van der Waals surface area (Å²) in [4.78, 5) is 28.6. The molecule has 3 aromatic carbocycles. The maximum Gasteiger partial charge on any atom is 0.261 e. The van der Waals surface area contributed by atoms with Crippen LogP contribution in [0.1, 0.15) is 25.0 Å². The number of ether oxygens (including phenoxy) is 2. The molecule has 0 saturated carbocycles. The molecule has 0 aliphatic heterocycles. The van der Waals surface area contributed by atoms with Crippen LogP contribution in [0.25, 0.3) is 0 Å². The molecule has 2 amide bonds. The predicted octanol–water partition coefficient (Wildman–Crippen LogP) is 5.14. The van der Waals surface area contributed by atoms with E-state index in [4.69, 9.17) is 21.1 Å². The van der Waals surface area contributed by atoms with Gasteiger partial charge in [-0.15, -0.1) is 0 Å². The van der Waals surface area contributed by atoms with Crippen molar-refractivity contribution in [2.45, 2.75) is 32.9 Å². The van der Waals surface area contributed by atoms with Crippen LogP contribution in [-0.4, -0.2) is 43.0 Å². The summed E-state index contributed by atoms with van der Waals surface area (Å²) in [5, 5.41) is 3.43. The van der Waals surface area contributed by atoms with Crippen molar-refractivity contribution < 1.29 is 19.1 Å². The smallest absolute Gasteiger partial charge is 0.261 e. The Labute approximate surface area is 218 Å². The summed E-state index contributed by atoms with van der Waals surface area (Å²) in [6.07, 6.45) is 0.374. The third-order valence-corrected chi connectivity index (χ3v) is 5.97. The van der Waals surface area contributed by atoms with Crippen LogP contribution in [0.15, 0.2) is 78.9 Å². The molecular formula is C29H33ClN2O4. The summed E-state index contributed by atoms with van der Waals surface area (Å²) in [6, 6.07) is 23.4. The zero-order chi connectivity index (χ0) is 25.9. The minimum absolute atomic E-state index is 0.202. The van der Waals surface area contributed by atoms with Gasteiger partial charge in [0.2, 0.25) is 5.91 Å². The molecule has 0 fully saturated rings. The van der Waals surface area contributed by atoms with Gasteiger partial charge >= 0.3 is 0 Å². The summed E-state index contributed by atoms with van der Waals surface area (Å²) in [5.74, 6) is 0.897. The highest BCUT2D eigenvalue weighted by Crippen LogP contribution is 2.24. The number of carbonyl (C=O) groups excluding carboxylic acids is 2. The molecule has 1 atom stereocenters. The second-order valence-electron chi connectivity index (χ2n) is 8.93. The molecule has 36 heavy (non-hydrogen) atoms. The lowest BCUT2D eigenvalue weighted by atomic mass is 10.0. The number of hydrogen-bond acceptors (Lipinski definition) is 4. The van der Waals surface area contributed by atoms with Crippen molar-refractivity contribution in [3.8, 4) is 11.5 Å². The van der Waals surface area contributed by atoms with Gasteiger partial charge in [-0.1, -0.05) is 80.0 Å². The van der Waals surface area contributed by atoms with Gasteiger partial charge < -0.3 is 19.7 Å². The Morgan fingerprint density at radius 1 is 0.917 bits per heavy atom. The molecule has 6 nitrogen and oxygen atoms in total. The van der Waals surface area contributed by atoms with Crippen LogP contribution < -0.4 is 14.8 Å². The fourth-order valence-corrected chi connectivity index (χ4v) is 3.88. The van der Waals surface area contributed by atoms with Crippen molar-refractivity contribution in [1.82, 2.24) is 10.2 Å². The molecule has 0 aliphatic rings. The molecule has 1 N–H and O–H groups in total. The Hall–Kier alpha value is -3.51. The van der Waals surface area contributed by atoms with Crippen LogP contribution in [0.5, 0.6) is 11.5 Å². The number of nitrogens with zero attached hydrogens (tertiary/aromatic N) is 1. The van der Waals surface area contributed by atoms with Gasteiger partial charge in [0.15, 0.2) is 6.61 Å². The Morgan fingerprint density at radius 3 is 2.22 bits per heavy atom. The Morgan fingerprint density at radius 2 is 1.58 bits per heavy atom.